The van der Waals surface area contributed by atoms with Crippen LogP contribution in [0.4, 0.5) is 0 Å². The molecular formula is C9H9ClN2O3. The number of hydrogen-bond donors (Lipinski definition) is 2. The average molecular weight is 229 g/mol. The minimum Gasteiger partial charge on any atom is -0.477 e. The number of nitrogens with zero attached hydrogens (tertiary/aromatic N) is 1. The minimum atomic E-state index is -0.993. The zero-order valence-corrected chi connectivity index (χ0v) is 8.67. The Kier molecular flexibility index (Phi) is 3.16. The van der Waals surface area contributed by atoms with Crippen LogP contribution in [0.2, 0.25) is 0 Å². The number of carbonyl (C=O) groups is 1. The van der Waals surface area contributed by atoms with Crippen molar-refractivity contribution in [2.24, 2.45) is 0 Å². The number of aromatic carboxylic acids is 1. The highest BCUT2D eigenvalue weighted by Crippen LogP contribution is 2.19. The number of H-pyrrole nitrogens is 1. The van der Waals surface area contributed by atoms with Gasteiger partial charge in [0.05, 0.1) is 11.4 Å². The third kappa shape index (κ3) is 2.19. The molecule has 0 saturated heterocycles. The van der Waals surface area contributed by atoms with Crippen molar-refractivity contribution >= 4 is 18.4 Å². The normalized spacial score (nSPS) is 9.67. The topological polar surface area (TPSA) is 79.1 Å². The number of aromatic nitrogens is 2. The van der Waals surface area contributed by atoms with Gasteiger partial charge in [-0.05, 0) is 19.1 Å². The van der Waals surface area contributed by atoms with E-state index in [1.807, 2.05) is 0 Å². The van der Waals surface area contributed by atoms with Crippen molar-refractivity contribution < 1.29 is 14.4 Å². The molecule has 0 aromatic carbocycles. The molecule has 0 aliphatic rings. The number of carboxylic acid groups (broad SMARTS) is 1. The van der Waals surface area contributed by atoms with E-state index >= 15 is 0 Å². The van der Waals surface area contributed by atoms with E-state index in [0.717, 1.165) is 5.69 Å². The van der Waals surface area contributed by atoms with Crippen LogP contribution in [-0.2, 0) is 0 Å². The predicted octanol–water partition coefficient (Wildman–Crippen LogP) is 2.10. The van der Waals surface area contributed by atoms with Crippen LogP contribution in [0.3, 0.4) is 0 Å². The van der Waals surface area contributed by atoms with Gasteiger partial charge in [-0.2, -0.15) is 0 Å². The van der Waals surface area contributed by atoms with Gasteiger partial charge in [-0.15, -0.1) is 12.4 Å². The van der Waals surface area contributed by atoms with Gasteiger partial charge in [0.15, 0.2) is 5.76 Å². The van der Waals surface area contributed by atoms with Gasteiger partial charge >= 0.3 is 5.97 Å². The lowest BCUT2D eigenvalue weighted by Gasteiger charge is -1.88. The van der Waals surface area contributed by atoms with Gasteiger partial charge in [0.2, 0.25) is 0 Å². The Labute approximate surface area is 91.5 Å². The van der Waals surface area contributed by atoms with Gasteiger partial charge in [-0.1, -0.05) is 5.16 Å². The number of carboxylic acids is 1. The number of nitrogens with one attached hydrogen (secondary N) is 1. The standard InChI is InChI=1S/C9H8N2O3.ClH/c1-5-4-8(14-11-5)6-2-3-7(10-6)9(12)13;/h2-4,10H,1H3,(H,12,13);1H. The van der Waals surface area contributed by atoms with Crippen molar-refractivity contribution in [3.8, 4) is 11.5 Å². The summed E-state index contributed by atoms with van der Waals surface area (Å²) in [6.07, 6.45) is 0. The molecule has 2 rings (SSSR count). The molecule has 0 saturated carbocycles. The first kappa shape index (κ1) is 11.3. The molecule has 2 heterocycles. The van der Waals surface area contributed by atoms with E-state index in [0.29, 0.717) is 11.5 Å². The van der Waals surface area contributed by atoms with E-state index in [4.69, 9.17) is 9.63 Å². The molecular weight excluding hydrogens is 220 g/mol. The minimum absolute atomic E-state index is 0. The van der Waals surface area contributed by atoms with Crippen LogP contribution < -0.4 is 0 Å². The summed E-state index contributed by atoms with van der Waals surface area (Å²) in [5, 5.41) is 12.4. The van der Waals surface area contributed by atoms with Gasteiger partial charge in [0.1, 0.15) is 5.69 Å². The SMILES string of the molecule is Cc1cc(-c2ccc(C(=O)O)[nH]2)on1.Cl. The molecule has 0 radical (unpaired) electrons. The van der Waals surface area contributed by atoms with E-state index in [1.54, 1.807) is 19.1 Å². The lowest BCUT2D eigenvalue weighted by Crippen LogP contribution is -1.95. The zero-order chi connectivity index (χ0) is 10.1. The van der Waals surface area contributed by atoms with Crippen LogP contribution in [0.5, 0.6) is 0 Å². The molecule has 6 heteroatoms. The number of rotatable bonds is 2. The van der Waals surface area contributed by atoms with Gasteiger partial charge in [0.25, 0.3) is 0 Å². The molecule has 0 fully saturated rings. The van der Waals surface area contributed by atoms with Crippen LogP contribution in [0.25, 0.3) is 11.5 Å². The molecule has 0 unspecified atom stereocenters. The van der Waals surface area contributed by atoms with Gasteiger partial charge in [-0.3, -0.25) is 0 Å². The molecule has 80 valence electrons. The fourth-order valence-electron chi connectivity index (χ4n) is 1.15. The van der Waals surface area contributed by atoms with E-state index in [1.165, 1.54) is 6.07 Å². The van der Waals surface area contributed by atoms with E-state index in [-0.39, 0.29) is 18.1 Å². The molecule has 2 N–H and O–H groups in total. The van der Waals surface area contributed by atoms with Crippen LogP contribution in [0, 0.1) is 6.92 Å². The lowest BCUT2D eigenvalue weighted by molar-refractivity contribution is 0.0691. The maximum Gasteiger partial charge on any atom is 0.352 e. The number of aromatic amines is 1. The molecule has 0 bridgehead atoms. The summed E-state index contributed by atoms with van der Waals surface area (Å²) in [7, 11) is 0. The second-order valence-corrected chi connectivity index (χ2v) is 2.92. The molecule has 0 amide bonds. The van der Waals surface area contributed by atoms with Crippen molar-refractivity contribution in [2.75, 3.05) is 0 Å². The quantitative estimate of drug-likeness (QED) is 0.825. The highest BCUT2D eigenvalue weighted by Gasteiger charge is 2.09. The van der Waals surface area contributed by atoms with E-state index in [2.05, 4.69) is 10.1 Å². The Morgan fingerprint density at radius 1 is 1.53 bits per heavy atom. The van der Waals surface area contributed by atoms with E-state index in [9.17, 15) is 4.79 Å². The first-order valence-corrected chi connectivity index (χ1v) is 4.03. The largest absolute Gasteiger partial charge is 0.477 e. The highest BCUT2D eigenvalue weighted by molar-refractivity contribution is 5.86. The Bertz CT molecular complexity index is 475. The molecule has 0 aliphatic carbocycles. The summed E-state index contributed by atoms with van der Waals surface area (Å²) >= 11 is 0. The van der Waals surface area contributed by atoms with Gasteiger partial charge < -0.3 is 14.6 Å². The molecule has 0 spiro atoms. The first-order chi connectivity index (χ1) is 6.66. The smallest absolute Gasteiger partial charge is 0.352 e. The maximum atomic E-state index is 10.6. The third-order valence-electron chi connectivity index (χ3n) is 1.81. The van der Waals surface area contributed by atoms with Crippen LogP contribution in [-0.4, -0.2) is 21.2 Å². The summed E-state index contributed by atoms with van der Waals surface area (Å²) in [6, 6.07) is 4.86. The predicted molar refractivity (Wildman–Crippen MR) is 55.2 cm³/mol. The monoisotopic (exact) mass is 228 g/mol. The first-order valence-electron chi connectivity index (χ1n) is 4.03. The van der Waals surface area contributed by atoms with Crippen molar-refractivity contribution in [1.82, 2.24) is 10.1 Å². The molecule has 0 aliphatic heterocycles. The second kappa shape index (κ2) is 4.18. The van der Waals surface area contributed by atoms with Crippen molar-refractivity contribution in [3.63, 3.8) is 0 Å². The van der Waals surface area contributed by atoms with Crippen LogP contribution in [0.1, 0.15) is 16.2 Å². The highest BCUT2D eigenvalue weighted by atomic mass is 35.5. The summed E-state index contributed by atoms with van der Waals surface area (Å²) < 4.78 is 4.97. The Balaban J connectivity index is 0.00000112. The number of hydrogen-bond acceptors (Lipinski definition) is 3. The number of aryl methyl sites for hydroxylation is 1. The Morgan fingerprint density at radius 3 is 2.73 bits per heavy atom. The lowest BCUT2D eigenvalue weighted by atomic mass is 10.3. The Hall–Kier alpha value is -1.75. The summed E-state index contributed by atoms with van der Waals surface area (Å²) in [6.45, 7) is 1.80. The summed E-state index contributed by atoms with van der Waals surface area (Å²) in [5.41, 5.74) is 1.50. The van der Waals surface area contributed by atoms with E-state index < -0.39 is 5.97 Å². The molecule has 2 aromatic rings. The summed E-state index contributed by atoms with van der Waals surface area (Å²) in [5.74, 6) is -0.456. The molecule has 0 atom stereocenters. The van der Waals surface area contributed by atoms with Gasteiger partial charge in [-0.25, -0.2) is 4.79 Å². The van der Waals surface area contributed by atoms with Crippen LogP contribution >= 0.6 is 12.4 Å². The van der Waals surface area contributed by atoms with Crippen molar-refractivity contribution in [2.45, 2.75) is 6.92 Å². The fraction of sp³-hybridized carbons (Fsp3) is 0.111. The fourth-order valence-corrected chi connectivity index (χ4v) is 1.15. The Morgan fingerprint density at radius 2 is 2.27 bits per heavy atom. The average Bonchev–Trinajstić information content (AvgIpc) is 2.70. The molecule has 5 nitrogen and oxygen atoms in total. The summed E-state index contributed by atoms with van der Waals surface area (Å²) in [4.78, 5) is 13.3. The van der Waals surface area contributed by atoms with Crippen molar-refractivity contribution in [1.29, 1.82) is 0 Å². The van der Waals surface area contributed by atoms with Crippen molar-refractivity contribution in [3.05, 3.63) is 29.6 Å². The molecule has 2 aromatic heterocycles. The van der Waals surface area contributed by atoms with Gasteiger partial charge in [0, 0.05) is 6.07 Å². The third-order valence-corrected chi connectivity index (χ3v) is 1.81. The molecule has 15 heavy (non-hydrogen) atoms. The maximum absolute atomic E-state index is 10.6. The second-order valence-electron chi connectivity index (χ2n) is 2.92. The number of halogens is 1. The van der Waals surface area contributed by atoms with Crippen LogP contribution in [0.15, 0.2) is 22.7 Å². The zero-order valence-electron chi connectivity index (χ0n) is 7.85.